The van der Waals surface area contributed by atoms with Crippen molar-refractivity contribution in [3.8, 4) is 0 Å². The van der Waals surface area contributed by atoms with Crippen LogP contribution in [0.15, 0.2) is 29.2 Å². The van der Waals surface area contributed by atoms with Gasteiger partial charge in [0, 0.05) is 22.4 Å². The van der Waals surface area contributed by atoms with Crippen LogP contribution in [0.2, 0.25) is 0 Å². The number of benzene rings is 1. The van der Waals surface area contributed by atoms with Crippen LogP contribution < -0.4 is 0 Å². The molecular formula is C12H16BrNO2S. The van der Waals surface area contributed by atoms with E-state index < -0.39 is 0 Å². The molecule has 0 spiro atoms. The van der Waals surface area contributed by atoms with Crippen LogP contribution >= 0.6 is 27.7 Å². The Kier molecular flexibility index (Phi) is 6.58. The van der Waals surface area contributed by atoms with Gasteiger partial charge in [-0.2, -0.15) is 0 Å². The molecule has 0 heterocycles. The molecule has 0 N–H and O–H groups in total. The number of alkyl halides is 1. The van der Waals surface area contributed by atoms with Gasteiger partial charge < -0.3 is 0 Å². The maximum absolute atomic E-state index is 10.5. The maximum Gasteiger partial charge on any atom is 0.269 e. The zero-order valence-electron chi connectivity index (χ0n) is 9.77. The summed E-state index contributed by atoms with van der Waals surface area (Å²) in [5.41, 5.74) is 0.155. The van der Waals surface area contributed by atoms with E-state index in [9.17, 15) is 10.1 Å². The first-order valence-corrected chi connectivity index (χ1v) is 7.67. The normalized spacial score (nSPS) is 12.4. The predicted octanol–water partition coefficient (Wildman–Crippen LogP) is 4.50. The topological polar surface area (TPSA) is 43.1 Å². The Hall–Kier alpha value is -0.550. The van der Waals surface area contributed by atoms with Crippen molar-refractivity contribution in [3.05, 3.63) is 34.4 Å². The smallest absolute Gasteiger partial charge is 0.258 e. The van der Waals surface area contributed by atoms with Gasteiger partial charge in [0.05, 0.1) is 4.92 Å². The molecule has 5 heteroatoms. The van der Waals surface area contributed by atoms with Crippen LogP contribution in [0.3, 0.4) is 0 Å². The molecule has 0 amide bonds. The summed E-state index contributed by atoms with van der Waals surface area (Å²) in [5.74, 6) is 1.78. The second-order valence-corrected chi connectivity index (χ2v) is 5.93. The molecule has 0 aliphatic heterocycles. The van der Waals surface area contributed by atoms with Crippen molar-refractivity contribution in [1.29, 1.82) is 0 Å². The number of non-ortho nitro benzene ring substituents is 1. The minimum Gasteiger partial charge on any atom is -0.258 e. The molecular weight excluding hydrogens is 302 g/mol. The molecule has 94 valence electrons. The van der Waals surface area contributed by atoms with Gasteiger partial charge in [0.25, 0.3) is 5.69 Å². The molecule has 0 bridgehead atoms. The molecule has 0 saturated carbocycles. The zero-order valence-corrected chi connectivity index (χ0v) is 12.2. The van der Waals surface area contributed by atoms with Gasteiger partial charge in [0.1, 0.15) is 0 Å². The van der Waals surface area contributed by atoms with Crippen LogP contribution in [0.5, 0.6) is 0 Å². The van der Waals surface area contributed by atoms with Crippen molar-refractivity contribution in [3.63, 3.8) is 0 Å². The standard InChI is InChI=1S/C12H16BrNO2S/c1-10(6-8-13)7-9-17-12-4-2-11(3-5-12)14(15)16/h2-5,10H,6-9H2,1H3. The summed E-state index contributed by atoms with van der Waals surface area (Å²) in [6.45, 7) is 2.25. The van der Waals surface area contributed by atoms with Crippen molar-refractivity contribution >= 4 is 33.4 Å². The average molecular weight is 318 g/mol. The van der Waals surface area contributed by atoms with E-state index in [-0.39, 0.29) is 10.6 Å². The summed E-state index contributed by atoms with van der Waals surface area (Å²) in [4.78, 5) is 11.2. The average Bonchev–Trinajstić information content (AvgIpc) is 2.30. The molecule has 1 unspecified atom stereocenters. The number of halogens is 1. The number of thioether (sulfide) groups is 1. The summed E-state index contributed by atoms with van der Waals surface area (Å²) in [6, 6.07) is 6.75. The number of nitro groups is 1. The van der Waals surface area contributed by atoms with E-state index in [4.69, 9.17) is 0 Å². The van der Waals surface area contributed by atoms with Gasteiger partial charge in [-0.15, -0.1) is 11.8 Å². The van der Waals surface area contributed by atoms with E-state index >= 15 is 0 Å². The zero-order chi connectivity index (χ0) is 12.7. The Morgan fingerprint density at radius 3 is 2.53 bits per heavy atom. The van der Waals surface area contributed by atoms with E-state index in [1.807, 2.05) is 12.1 Å². The van der Waals surface area contributed by atoms with Crippen LogP contribution in [0.1, 0.15) is 19.8 Å². The number of hydrogen-bond acceptors (Lipinski definition) is 3. The fourth-order valence-corrected chi connectivity index (χ4v) is 3.24. The van der Waals surface area contributed by atoms with Crippen molar-refractivity contribution < 1.29 is 4.92 Å². The van der Waals surface area contributed by atoms with Crippen LogP contribution in [0.4, 0.5) is 5.69 Å². The third kappa shape index (κ3) is 5.55. The van der Waals surface area contributed by atoms with Crippen LogP contribution in [-0.2, 0) is 0 Å². The lowest BCUT2D eigenvalue weighted by Crippen LogP contribution is -1.96. The van der Waals surface area contributed by atoms with Gasteiger partial charge in [-0.05, 0) is 36.6 Å². The first-order chi connectivity index (χ1) is 8.13. The molecule has 17 heavy (non-hydrogen) atoms. The molecule has 0 aliphatic carbocycles. The van der Waals surface area contributed by atoms with Crippen LogP contribution in [0.25, 0.3) is 0 Å². The maximum atomic E-state index is 10.5. The van der Waals surface area contributed by atoms with E-state index in [1.54, 1.807) is 23.9 Å². The van der Waals surface area contributed by atoms with Gasteiger partial charge in [-0.25, -0.2) is 0 Å². The summed E-state index contributed by atoms with van der Waals surface area (Å²) in [6.07, 6.45) is 2.37. The Morgan fingerprint density at radius 2 is 2.00 bits per heavy atom. The van der Waals surface area contributed by atoms with E-state index in [2.05, 4.69) is 22.9 Å². The third-order valence-corrected chi connectivity index (χ3v) is 4.03. The highest BCUT2D eigenvalue weighted by Crippen LogP contribution is 2.23. The molecule has 0 fully saturated rings. The van der Waals surface area contributed by atoms with Crippen LogP contribution in [0, 0.1) is 16.0 Å². The van der Waals surface area contributed by atoms with Gasteiger partial charge in [0.15, 0.2) is 0 Å². The summed E-state index contributed by atoms with van der Waals surface area (Å²) < 4.78 is 0. The predicted molar refractivity (Wildman–Crippen MR) is 76.0 cm³/mol. The molecule has 1 atom stereocenters. The molecule has 1 aromatic rings. The van der Waals surface area contributed by atoms with Crippen molar-refractivity contribution in [1.82, 2.24) is 0 Å². The summed E-state index contributed by atoms with van der Waals surface area (Å²) in [7, 11) is 0. The Balaban J connectivity index is 2.34. The molecule has 0 aromatic heterocycles. The second-order valence-electron chi connectivity index (χ2n) is 3.97. The number of rotatable bonds is 7. The second kappa shape index (κ2) is 7.71. The highest BCUT2D eigenvalue weighted by molar-refractivity contribution is 9.09. The fourth-order valence-electron chi connectivity index (χ4n) is 1.37. The molecule has 0 aliphatic rings. The summed E-state index contributed by atoms with van der Waals surface area (Å²) in [5, 5.41) is 11.5. The molecule has 1 aromatic carbocycles. The van der Waals surface area contributed by atoms with Gasteiger partial charge in [-0.3, -0.25) is 10.1 Å². The Bertz CT molecular complexity index is 356. The molecule has 0 radical (unpaired) electrons. The van der Waals surface area contributed by atoms with Gasteiger partial charge in [0.2, 0.25) is 0 Å². The lowest BCUT2D eigenvalue weighted by molar-refractivity contribution is -0.384. The van der Waals surface area contributed by atoms with Crippen LogP contribution in [-0.4, -0.2) is 16.0 Å². The first kappa shape index (κ1) is 14.5. The largest absolute Gasteiger partial charge is 0.269 e. The lowest BCUT2D eigenvalue weighted by Gasteiger charge is -2.08. The molecule has 0 saturated heterocycles. The number of nitro benzene ring substituents is 1. The minimum atomic E-state index is -0.369. The SMILES string of the molecule is CC(CCBr)CCSc1ccc([N+](=O)[O-])cc1. The van der Waals surface area contributed by atoms with E-state index in [0.717, 1.165) is 21.9 Å². The van der Waals surface area contributed by atoms with Gasteiger partial charge in [-0.1, -0.05) is 22.9 Å². The highest BCUT2D eigenvalue weighted by Gasteiger charge is 2.05. The number of hydrogen-bond donors (Lipinski definition) is 0. The van der Waals surface area contributed by atoms with Gasteiger partial charge >= 0.3 is 0 Å². The van der Waals surface area contributed by atoms with Crippen molar-refractivity contribution in [2.75, 3.05) is 11.1 Å². The highest BCUT2D eigenvalue weighted by atomic mass is 79.9. The fraction of sp³-hybridized carbons (Fsp3) is 0.500. The third-order valence-electron chi connectivity index (χ3n) is 2.53. The monoisotopic (exact) mass is 317 g/mol. The molecule has 3 nitrogen and oxygen atoms in total. The van der Waals surface area contributed by atoms with Crippen molar-refractivity contribution in [2.45, 2.75) is 24.7 Å². The van der Waals surface area contributed by atoms with E-state index in [0.29, 0.717) is 0 Å². The quantitative estimate of drug-likeness (QED) is 0.322. The minimum absolute atomic E-state index is 0.155. The first-order valence-electron chi connectivity index (χ1n) is 5.56. The number of nitrogens with zero attached hydrogens (tertiary/aromatic N) is 1. The lowest BCUT2D eigenvalue weighted by atomic mass is 10.1. The van der Waals surface area contributed by atoms with E-state index in [1.165, 1.54) is 12.8 Å². The Labute approximate surface area is 114 Å². The Morgan fingerprint density at radius 1 is 1.35 bits per heavy atom. The molecule has 1 rings (SSSR count). The van der Waals surface area contributed by atoms with Crippen molar-refractivity contribution in [2.24, 2.45) is 5.92 Å². The summed E-state index contributed by atoms with van der Waals surface area (Å²) >= 11 is 5.19.